The van der Waals surface area contributed by atoms with Crippen molar-refractivity contribution < 1.29 is 4.42 Å². The van der Waals surface area contributed by atoms with Gasteiger partial charge in [-0.05, 0) is 51.1 Å². The summed E-state index contributed by atoms with van der Waals surface area (Å²) in [6, 6.07) is 6.12. The molecule has 96 valence electrons. The molecule has 0 saturated heterocycles. The van der Waals surface area contributed by atoms with Crippen LogP contribution in [-0.2, 0) is 6.42 Å². The molecule has 0 amide bonds. The molecule has 4 heteroatoms. The molecular formula is C14H19N3O. The van der Waals surface area contributed by atoms with E-state index in [2.05, 4.69) is 35.4 Å². The number of nitrogens with zero attached hydrogens (tertiary/aromatic N) is 2. The first kappa shape index (κ1) is 12.8. The standard InChI is InChI=1S/C14H19N3O/c1-10-6-4-7-12(11(10)2)14-17-16-13(18-14)8-5-9-15-3/h4,6-7,15H,5,8-9H2,1-3H3. The molecule has 1 aromatic carbocycles. The largest absolute Gasteiger partial charge is 0.421 e. The maximum absolute atomic E-state index is 5.70. The summed E-state index contributed by atoms with van der Waals surface area (Å²) in [7, 11) is 1.94. The summed E-state index contributed by atoms with van der Waals surface area (Å²) in [5.41, 5.74) is 3.47. The molecule has 0 atom stereocenters. The lowest BCUT2D eigenvalue weighted by Crippen LogP contribution is -2.08. The molecule has 0 aliphatic rings. The second-order valence-electron chi connectivity index (χ2n) is 4.46. The summed E-state index contributed by atoms with van der Waals surface area (Å²) in [6.45, 7) is 5.12. The summed E-state index contributed by atoms with van der Waals surface area (Å²) in [5.74, 6) is 1.33. The van der Waals surface area contributed by atoms with Gasteiger partial charge in [0.1, 0.15) is 0 Å². The first-order valence-corrected chi connectivity index (χ1v) is 6.26. The Labute approximate surface area is 107 Å². The number of rotatable bonds is 5. The van der Waals surface area contributed by atoms with Crippen molar-refractivity contribution in [1.29, 1.82) is 0 Å². The van der Waals surface area contributed by atoms with E-state index in [0.717, 1.165) is 24.9 Å². The lowest BCUT2D eigenvalue weighted by atomic mass is 10.0. The highest BCUT2D eigenvalue weighted by molar-refractivity contribution is 5.59. The molecule has 0 fully saturated rings. The Morgan fingerprint density at radius 1 is 1.22 bits per heavy atom. The van der Waals surface area contributed by atoms with Gasteiger partial charge >= 0.3 is 0 Å². The first-order valence-electron chi connectivity index (χ1n) is 6.26. The van der Waals surface area contributed by atoms with Crippen LogP contribution in [0.25, 0.3) is 11.5 Å². The molecule has 0 bridgehead atoms. The molecule has 0 spiro atoms. The molecular weight excluding hydrogens is 226 g/mol. The van der Waals surface area contributed by atoms with Gasteiger partial charge < -0.3 is 9.73 Å². The first-order chi connectivity index (χ1) is 8.72. The van der Waals surface area contributed by atoms with E-state index in [1.807, 2.05) is 19.2 Å². The van der Waals surface area contributed by atoms with Crippen LogP contribution in [0, 0.1) is 13.8 Å². The van der Waals surface area contributed by atoms with Gasteiger partial charge in [0.25, 0.3) is 0 Å². The quantitative estimate of drug-likeness (QED) is 0.822. The van der Waals surface area contributed by atoms with E-state index >= 15 is 0 Å². The fraction of sp³-hybridized carbons (Fsp3) is 0.429. The number of aryl methyl sites for hydroxylation is 2. The van der Waals surface area contributed by atoms with Gasteiger partial charge in [0.2, 0.25) is 11.8 Å². The molecule has 0 aliphatic heterocycles. The highest BCUT2D eigenvalue weighted by atomic mass is 16.4. The molecule has 0 saturated carbocycles. The van der Waals surface area contributed by atoms with Gasteiger partial charge in [-0.25, -0.2) is 0 Å². The predicted molar refractivity (Wildman–Crippen MR) is 71.5 cm³/mol. The zero-order chi connectivity index (χ0) is 13.0. The zero-order valence-corrected chi connectivity index (χ0v) is 11.2. The van der Waals surface area contributed by atoms with Crippen LogP contribution in [0.4, 0.5) is 0 Å². The van der Waals surface area contributed by atoms with Crippen LogP contribution >= 0.6 is 0 Å². The van der Waals surface area contributed by atoms with Crippen LogP contribution in [0.1, 0.15) is 23.4 Å². The monoisotopic (exact) mass is 245 g/mol. The Bertz CT molecular complexity index is 520. The SMILES string of the molecule is CNCCCc1nnc(-c2cccc(C)c2C)o1. The van der Waals surface area contributed by atoms with Gasteiger partial charge in [-0.1, -0.05) is 12.1 Å². The summed E-state index contributed by atoms with van der Waals surface area (Å²) in [6.07, 6.45) is 1.82. The molecule has 1 heterocycles. The van der Waals surface area contributed by atoms with Crippen LogP contribution in [0.15, 0.2) is 22.6 Å². The third-order valence-corrected chi connectivity index (χ3v) is 3.12. The Balaban J connectivity index is 2.16. The fourth-order valence-electron chi connectivity index (χ4n) is 1.86. The average molecular weight is 245 g/mol. The lowest BCUT2D eigenvalue weighted by Gasteiger charge is -2.03. The van der Waals surface area contributed by atoms with Crippen molar-refractivity contribution in [2.24, 2.45) is 0 Å². The van der Waals surface area contributed by atoms with E-state index in [1.54, 1.807) is 0 Å². The topological polar surface area (TPSA) is 51.0 Å². The zero-order valence-electron chi connectivity index (χ0n) is 11.2. The Morgan fingerprint density at radius 2 is 2.06 bits per heavy atom. The number of benzene rings is 1. The Morgan fingerprint density at radius 3 is 2.83 bits per heavy atom. The highest BCUT2D eigenvalue weighted by Crippen LogP contribution is 2.24. The Kier molecular flexibility index (Phi) is 4.10. The third-order valence-electron chi connectivity index (χ3n) is 3.12. The van der Waals surface area contributed by atoms with Gasteiger partial charge in [0.15, 0.2) is 0 Å². The predicted octanol–water partition coefficient (Wildman–Crippen LogP) is 2.51. The molecule has 1 N–H and O–H groups in total. The molecule has 1 aromatic heterocycles. The minimum absolute atomic E-state index is 0.621. The number of hydrogen-bond donors (Lipinski definition) is 1. The second kappa shape index (κ2) is 5.78. The van der Waals surface area contributed by atoms with Crippen molar-refractivity contribution in [2.45, 2.75) is 26.7 Å². The van der Waals surface area contributed by atoms with Crippen molar-refractivity contribution >= 4 is 0 Å². The van der Waals surface area contributed by atoms with E-state index in [4.69, 9.17) is 4.42 Å². The summed E-state index contributed by atoms with van der Waals surface area (Å²) in [4.78, 5) is 0. The lowest BCUT2D eigenvalue weighted by molar-refractivity contribution is 0.494. The van der Waals surface area contributed by atoms with Crippen LogP contribution in [0.2, 0.25) is 0 Å². The third kappa shape index (κ3) is 2.76. The van der Waals surface area contributed by atoms with Crippen molar-refractivity contribution in [3.63, 3.8) is 0 Å². The maximum atomic E-state index is 5.70. The van der Waals surface area contributed by atoms with Gasteiger partial charge in [0, 0.05) is 12.0 Å². The maximum Gasteiger partial charge on any atom is 0.248 e. The van der Waals surface area contributed by atoms with E-state index in [1.165, 1.54) is 11.1 Å². The van der Waals surface area contributed by atoms with Crippen molar-refractivity contribution in [3.8, 4) is 11.5 Å². The summed E-state index contributed by atoms with van der Waals surface area (Å²) >= 11 is 0. The fourth-order valence-corrected chi connectivity index (χ4v) is 1.86. The second-order valence-corrected chi connectivity index (χ2v) is 4.46. The van der Waals surface area contributed by atoms with E-state index in [-0.39, 0.29) is 0 Å². The molecule has 2 rings (SSSR count). The van der Waals surface area contributed by atoms with Crippen LogP contribution in [0.3, 0.4) is 0 Å². The van der Waals surface area contributed by atoms with Gasteiger partial charge in [-0.3, -0.25) is 0 Å². The average Bonchev–Trinajstić information content (AvgIpc) is 2.82. The number of nitrogens with one attached hydrogen (secondary N) is 1. The molecule has 0 aliphatic carbocycles. The molecule has 18 heavy (non-hydrogen) atoms. The van der Waals surface area contributed by atoms with Crippen LogP contribution in [0.5, 0.6) is 0 Å². The Hall–Kier alpha value is -1.68. The smallest absolute Gasteiger partial charge is 0.248 e. The minimum atomic E-state index is 0.621. The molecule has 4 nitrogen and oxygen atoms in total. The van der Waals surface area contributed by atoms with Gasteiger partial charge in [-0.15, -0.1) is 10.2 Å². The van der Waals surface area contributed by atoms with E-state index in [9.17, 15) is 0 Å². The summed E-state index contributed by atoms with van der Waals surface area (Å²) in [5, 5.41) is 11.3. The number of aromatic nitrogens is 2. The normalized spacial score (nSPS) is 10.8. The highest BCUT2D eigenvalue weighted by Gasteiger charge is 2.11. The van der Waals surface area contributed by atoms with Crippen molar-refractivity contribution in [3.05, 3.63) is 35.2 Å². The van der Waals surface area contributed by atoms with Crippen molar-refractivity contribution in [2.75, 3.05) is 13.6 Å². The molecule has 0 unspecified atom stereocenters. The number of hydrogen-bond acceptors (Lipinski definition) is 4. The van der Waals surface area contributed by atoms with Crippen molar-refractivity contribution in [1.82, 2.24) is 15.5 Å². The minimum Gasteiger partial charge on any atom is -0.421 e. The molecule has 0 radical (unpaired) electrons. The van der Waals surface area contributed by atoms with Crippen LogP contribution in [-0.4, -0.2) is 23.8 Å². The van der Waals surface area contributed by atoms with Crippen LogP contribution < -0.4 is 5.32 Å². The van der Waals surface area contributed by atoms with E-state index < -0.39 is 0 Å². The van der Waals surface area contributed by atoms with Gasteiger partial charge in [0.05, 0.1) is 0 Å². The molecule has 2 aromatic rings. The van der Waals surface area contributed by atoms with E-state index in [0.29, 0.717) is 11.8 Å². The summed E-state index contributed by atoms with van der Waals surface area (Å²) < 4.78 is 5.70. The van der Waals surface area contributed by atoms with Gasteiger partial charge in [-0.2, -0.15) is 0 Å².